The number of sulfonamides is 1. The van der Waals surface area contributed by atoms with Gasteiger partial charge in [-0.2, -0.15) is 0 Å². The number of carbonyl (C=O) groups is 2. The normalized spacial score (nSPS) is 15.4. The van der Waals surface area contributed by atoms with Crippen LogP contribution in [-0.4, -0.2) is 38.4 Å². The molecule has 0 aromatic heterocycles. The average molecular weight is 508 g/mol. The van der Waals surface area contributed by atoms with Crippen LogP contribution < -0.4 is 19.7 Å². The molecule has 8 nitrogen and oxygen atoms in total. The van der Waals surface area contributed by atoms with Crippen molar-refractivity contribution in [2.24, 2.45) is 0 Å². The average Bonchev–Trinajstić information content (AvgIpc) is 2.83. The summed E-state index contributed by atoms with van der Waals surface area (Å²) in [5.74, 6) is -0.813. The van der Waals surface area contributed by atoms with Crippen molar-refractivity contribution in [1.29, 1.82) is 0 Å². The van der Waals surface area contributed by atoms with Crippen molar-refractivity contribution in [2.45, 2.75) is 38.2 Å². The number of hydrogen-bond acceptors (Lipinski definition) is 5. The molecule has 0 bridgehead atoms. The first kappa shape index (κ1) is 25.2. The molecule has 0 aliphatic carbocycles. The standard InChI is InChI=1S/C27H29N3O5S/c1-27(2,3)29-25(31)20-13-7-8-14-21(20)28-26(32)24-17-30(22-15-9-10-16-23(22)35-24)36(33,34)18-19-11-5-4-6-12-19/h4-16,24H,17-18H2,1-3H3,(H,28,32)(H,29,31)/t24-/m1/s1. The van der Waals surface area contributed by atoms with Gasteiger partial charge in [0.2, 0.25) is 10.0 Å². The number of hydrogen-bond donors (Lipinski definition) is 2. The van der Waals surface area contributed by atoms with E-state index < -0.39 is 27.6 Å². The van der Waals surface area contributed by atoms with Crippen molar-refractivity contribution in [3.8, 4) is 5.75 Å². The van der Waals surface area contributed by atoms with Crippen molar-refractivity contribution < 1.29 is 22.7 Å². The summed E-state index contributed by atoms with van der Waals surface area (Å²) in [6.07, 6.45) is -1.12. The quantitative estimate of drug-likeness (QED) is 0.526. The van der Waals surface area contributed by atoms with Gasteiger partial charge >= 0.3 is 0 Å². The van der Waals surface area contributed by atoms with Crippen LogP contribution in [0.15, 0.2) is 78.9 Å². The fraction of sp³-hybridized carbons (Fsp3) is 0.259. The van der Waals surface area contributed by atoms with E-state index >= 15 is 0 Å². The van der Waals surface area contributed by atoms with Crippen molar-refractivity contribution in [2.75, 3.05) is 16.2 Å². The zero-order valence-electron chi connectivity index (χ0n) is 20.4. The number of anilines is 2. The summed E-state index contributed by atoms with van der Waals surface area (Å²) < 4.78 is 33.9. The number of nitrogens with one attached hydrogen (secondary N) is 2. The molecule has 9 heteroatoms. The second kappa shape index (κ2) is 10.0. The Kier molecular flexibility index (Phi) is 7.03. The first-order valence-corrected chi connectivity index (χ1v) is 13.2. The van der Waals surface area contributed by atoms with Crippen LogP contribution >= 0.6 is 0 Å². The lowest BCUT2D eigenvalue weighted by Gasteiger charge is -2.34. The fourth-order valence-corrected chi connectivity index (χ4v) is 5.46. The third kappa shape index (κ3) is 5.85. The van der Waals surface area contributed by atoms with E-state index in [9.17, 15) is 18.0 Å². The summed E-state index contributed by atoms with van der Waals surface area (Å²) in [6.45, 7) is 5.39. The Balaban J connectivity index is 1.59. The Morgan fingerprint density at radius 3 is 2.31 bits per heavy atom. The molecule has 36 heavy (non-hydrogen) atoms. The largest absolute Gasteiger partial charge is 0.476 e. The highest BCUT2D eigenvalue weighted by Gasteiger charge is 2.37. The van der Waals surface area contributed by atoms with Crippen LogP contribution in [0.2, 0.25) is 0 Å². The van der Waals surface area contributed by atoms with Crippen LogP contribution in [0, 0.1) is 0 Å². The minimum absolute atomic E-state index is 0.200. The number of nitrogens with zero attached hydrogens (tertiary/aromatic N) is 1. The summed E-state index contributed by atoms with van der Waals surface area (Å²) in [5.41, 5.74) is 1.16. The molecule has 0 fully saturated rings. The molecule has 188 valence electrons. The number of fused-ring (bicyclic) bond motifs is 1. The second-order valence-corrected chi connectivity index (χ2v) is 11.5. The molecule has 0 saturated heterocycles. The van der Waals surface area contributed by atoms with Crippen LogP contribution in [0.3, 0.4) is 0 Å². The van der Waals surface area contributed by atoms with E-state index in [4.69, 9.17) is 4.74 Å². The molecule has 3 aromatic rings. The topological polar surface area (TPSA) is 105 Å². The Morgan fingerprint density at radius 2 is 1.58 bits per heavy atom. The van der Waals surface area contributed by atoms with E-state index in [0.717, 1.165) is 0 Å². The van der Waals surface area contributed by atoms with Crippen molar-refractivity contribution >= 4 is 33.2 Å². The second-order valence-electron chi connectivity index (χ2n) is 9.59. The lowest BCUT2D eigenvalue weighted by atomic mass is 10.1. The predicted molar refractivity (Wildman–Crippen MR) is 140 cm³/mol. The molecular weight excluding hydrogens is 478 g/mol. The van der Waals surface area contributed by atoms with Gasteiger partial charge in [-0.25, -0.2) is 8.42 Å². The monoisotopic (exact) mass is 507 g/mol. The fourth-order valence-electron chi connectivity index (χ4n) is 3.88. The molecular formula is C27H29N3O5S. The van der Waals surface area contributed by atoms with E-state index in [0.29, 0.717) is 28.3 Å². The Bertz CT molecular complexity index is 1370. The maximum Gasteiger partial charge on any atom is 0.267 e. The molecule has 1 aliphatic heterocycles. The van der Waals surface area contributed by atoms with E-state index in [-0.39, 0.29) is 18.2 Å². The van der Waals surface area contributed by atoms with Gasteiger partial charge in [0, 0.05) is 5.54 Å². The maximum atomic E-state index is 13.4. The number of amides is 2. The van der Waals surface area contributed by atoms with Crippen molar-refractivity contribution in [3.05, 3.63) is 90.0 Å². The Morgan fingerprint density at radius 1 is 0.944 bits per heavy atom. The number of carbonyl (C=O) groups excluding carboxylic acids is 2. The highest BCUT2D eigenvalue weighted by atomic mass is 32.2. The van der Waals surface area contributed by atoms with Crippen LogP contribution in [0.1, 0.15) is 36.7 Å². The van der Waals surface area contributed by atoms with Crippen LogP contribution in [0.4, 0.5) is 11.4 Å². The van der Waals surface area contributed by atoms with Gasteiger partial charge in [0.25, 0.3) is 11.8 Å². The lowest BCUT2D eigenvalue weighted by Crippen LogP contribution is -2.49. The van der Waals surface area contributed by atoms with Crippen molar-refractivity contribution in [3.63, 3.8) is 0 Å². The predicted octanol–water partition coefficient (Wildman–Crippen LogP) is 3.95. The molecule has 4 rings (SSSR count). The number of rotatable bonds is 6. The summed E-state index contributed by atoms with van der Waals surface area (Å²) in [5, 5.41) is 5.64. The van der Waals surface area contributed by atoms with E-state index in [2.05, 4.69) is 10.6 Å². The third-order valence-corrected chi connectivity index (χ3v) is 7.19. The summed E-state index contributed by atoms with van der Waals surface area (Å²) in [7, 11) is -3.82. The van der Waals surface area contributed by atoms with Crippen molar-refractivity contribution in [1.82, 2.24) is 5.32 Å². The number of para-hydroxylation sites is 3. The van der Waals surface area contributed by atoms with E-state index in [1.807, 2.05) is 26.8 Å². The highest BCUT2D eigenvalue weighted by molar-refractivity contribution is 7.92. The molecule has 0 spiro atoms. The molecule has 0 saturated carbocycles. The SMILES string of the molecule is CC(C)(C)NC(=O)c1ccccc1NC(=O)[C@H]1CN(S(=O)(=O)Cc2ccccc2)c2ccccc2O1. The molecule has 1 aliphatic rings. The smallest absolute Gasteiger partial charge is 0.267 e. The maximum absolute atomic E-state index is 13.4. The van der Waals surface area contributed by atoms with Gasteiger partial charge in [0.15, 0.2) is 6.10 Å². The molecule has 2 N–H and O–H groups in total. The third-order valence-electron chi connectivity index (χ3n) is 5.47. The Hall–Kier alpha value is -3.85. The molecule has 0 unspecified atom stereocenters. The van der Waals surface area contributed by atoms with Gasteiger partial charge in [-0.1, -0.05) is 54.6 Å². The first-order chi connectivity index (χ1) is 17.0. The van der Waals surface area contributed by atoms with E-state index in [1.165, 1.54) is 4.31 Å². The lowest BCUT2D eigenvalue weighted by molar-refractivity contribution is -0.122. The minimum Gasteiger partial charge on any atom is -0.476 e. The minimum atomic E-state index is -3.82. The number of benzene rings is 3. The van der Waals surface area contributed by atoms with Crippen LogP contribution in [-0.2, 0) is 20.6 Å². The zero-order valence-corrected chi connectivity index (χ0v) is 21.2. The van der Waals surface area contributed by atoms with Gasteiger partial charge in [-0.05, 0) is 50.6 Å². The Labute approximate surface area is 211 Å². The molecule has 1 atom stereocenters. The summed E-state index contributed by atoms with van der Waals surface area (Å²) in [6, 6.07) is 22.2. The van der Waals surface area contributed by atoms with Crippen LogP contribution in [0.25, 0.3) is 0 Å². The highest BCUT2D eigenvalue weighted by Crippen LogP contribution is 2.36. The summed E-state index contributed by atoms with van der Waals surface area (Å²) >= 11 is 0. The molecule has 3 aromatic carbocycles. The van der Waals surface area contributed by atoms with Gasteiger partial charge in [-0.3, -0.25) is 13.9 Å². The van der Waals surface area contributed by atoms with Crippen LogP contribution in [0.5, 0.6) is 5.75 Å². The van der Waals surface area contributed by atoms with Gasteiger partial charge in [0.05, 0.1) is 29.2 Å². The molecule has 1 heterocycles. The van der Waals surface area contributed by atoms with Gasteiger partial charge < -0.3 is 15.4 Å². The first-order valence-electron chi connectivity index (χ1n) is 11.6. The molecule has 0 radical (unpaired) electrons. The van der Waals surface area contributed by atoms with E-state index in [1.54, 1.807) is 72.8 Å². The van der Waals surface area contributed by atoms with Gasteiger partial charge in [0.1, 0.15) is 5.75 Å². The van der Waals surface area contributed by atoms with Gasteiger partial charge in [-0.15, -0.1) is 0 Å². The molecule has 2 amide bonds. The number of ether oxygens (including phenoxy) is 1. The summed E-state index contributed by atoms with van der Waals surface area (Å²) in [4.78, 5) is 26.1. The zero-order chi connectivity index (χ0) is 25.9.